The van der Waals surface area contributed by atoms with Crippen LogP contribution in [0.4, 0.5) is 0 Å². The summed E-state index contributed by atoms with van der Waals surface area (Å²) >= 11 is 0. The molecule has 0 heterocycles. The van der Waals surface area contributed by atoms with Crippen LogP contribution in [-0.2, 0) is 9.53 Å². The van der Waals surface area contributed by atoms with Crippen LogP contribution in [0.15, 0.2) is 42.5 Å². The molecule has 7 heteroatoms. The van der Waals surface area contributed by atoms with Gasteiger partial charge in [-0.15, -0.1) is 0 Å². The zero-order valence-electron chi connectivity index (χ0n) is 21.2. The van der Waals surface area contributed by atoms with Crippen molar-refractivity contribution in [2.75, 3.05) is 20.8 Å². The predicted molar refractivity (Wildman–Crippen MR) is 131 cm³/mol. The molecule has 0 saturated carbocycles. The first kappa shape index (κ1) is 26.8. The Hall–Kier alpha value is -3.48. The Morgan fingerprint density at radius 2 is 1.56 bits per heavy atom. The van der Waals surface area contributed by atoms with Crippen LogP contribution in [0.1, 0.15) is 57.5 Å². The summed E-state index contributed by atoms with van der Waals surface area (Å²) < 4.78 is 27.6. The maximum atomic E-state index is 12.8. The van der Waals surface area contributed by atoms with Crippen molar-refractivity contribution in [3.8, 4) is 23.0 Å². The molecule has 0 bridgehead atoms. The summed E-state index contributed by atoms with van der Waals surface area (Å²) in [7, 11) is 3.09. The van der Waals surface area contributed by atoms with E-state index < -0.39 is 17.2 Å². The number of esters is 1. The number of allylic oxidation sites excluding steroid dienone is 1. The molecule has 0 spiro atoms. The van der Waals surface area contributed by atoms with Crippen LogP contribution in [0.5, 0.6) is 23.0 Å². The molecule has 0 unspecified atom stereocenters. The molecule has 0 fully saturated rings. The van der Waals surface area contributed by atoms with Gasteiger partial charge in [-0.3, -0.25) is 4.79 Å². The average Bonchev–Trinajstić information content (AvgIpc) is 2.73. The second kappa shape index (κ2) is 11.1. The van der Waals surface area contributed by atoms with Gasteiger partial charge >= 0.3 is 5.97 Å². The summed E-state index contributed by atoms with van der Waals surface area (Å²) in [4.78, 5) is 24.6. The maximum Gasteiger partial charge on any atom is 0.344 e. The van der Waals surface area contributed by atoms with Gasteiger partial charge in [0.05, 0.1) is 14.2 Å². The zero-order valence-corrected chi connectivity index (χ0v) is 21.2. The summed E-state index contributed by atoms with van der Waals surface area (Å²) in [5.74, 6) is 1.18. The van der Waals surface area contributed by atoms with E-state index in [0.29, 0.717) is 34.1 Å². The summed E-state index contributed by atoms with van der Waals surface area (Å²) in [6.45, 7) is 10.9. The summed E-state index contributed by atoms with van der Waals surface area (Å²) in [6, 6.07) is 10.2. The highest BCUT2D eigenvalue weighted by molar-refractivity contribution is 6.07. The average molecular weight is 471 g/mol. The molecule has 2 aromatic carbocycles. The van der Waals surface area contributed by atoms with Crippen molar-refractivity contribution in [3.63, 3.8) is 0 Å². The number of carbonyl (C=O) groups is 2. The Morgan fingerprint density at radius 1 is 0.882 bits per heavy atom. The van der Waals surface area contributed by atoms with Crippen molar-refractivity contribution >= 4 is 17.8 Å². The van der Waals surface area contributed by atoms with Crippen LogP contribution < -0.4 is 18.9 Å². The number of hydrogen-bond donors (Lipinski definition) is 0. The standard InChI is InChI=1S/C27H34O7/c1-26(2,3)33-23-15-18(14-22(30-7)25(23)31-8)12-13-21(28)19-10-9-11-20(16-19)32-17-24(29)34-27(4,5)6/h9-16H,17H2,1-8H3. The molecule has 0 aliphatic carbocycles. The van der Waals surface area contributed by atoms with Gasteiger partial charge in [-0.05, 0) is 77.4 Å². The van der Waals surface area contributed by atoms with Crippen LogP contribution in [0, 0.1) is 0 Å². The second-order valence-corrected chi connectivity index (χ2v) is 9.57. The van der Waals surface area contributed by atoms with Crippen molar-refractivity contribution in [1.82, 2.24) is 0 Å². The zero-order chi connectivity index (χ0) is 25.5. The van der Waals surface area contributed by atoms with E-state index in [1.165, 1.54) is 6.08 Å². The lowest BCUT2D eigenvalue weighted by atomic mass is 10.1. The van der Waals surface area contributed by atoms with Crippen LogP contribution >= 0.6 is 0 Å². The fourth-order valence-corrected chi connectivity index (χ4v) is 2.97. The van der Waals surface area contributed by atoms with E-state index in [4.69, 9.17) is 23.7 Å². The smallest absolute Gasteiger partial charge is 0.344 e. The molecule has 7 nitrogen and oxygen atoms in total. The third-order valence-corrected chi connectivity index (χ3v) is 4.21. The first-order valence-electron chi connectivity index (χ1n) is 10.9. The van der Waals surface area contributed by atoms with Gasteiger partial charge in [-0.2, -0.15) is 0 Å². The van der Waals surface area contributed by atoms with Gasteiger partial charge in [0.25, 0.3) is 0 Å². The van der Waals surface area contributed by atoms with E-state index in [-0.39, 0.29) is 12.4 Å². The van der Waals surface area contributed by atoms with Gasteiger partial charge < -0.3 is 23.7 Å². The molecule has 0 saturated heterocycles. The molecule has 0 radical (unpaired) electrons. The van der Waals surface area contributed by atoms with E-state index in [1.54, 1.807) is 77.5 Å². The lowest BCUT2D eigenvalue weighted by molar-refractivity contribution is -0.157. The summed E-state index contributed by atoms with van der Waals surface area (Å²) in [5, 5.41) is 0. The van der Waals surface area contributed by atoms with Gasteiger partial charge in [-0.1, -0.05) is 18.2 Å². The van der Waals surface area contributed by atoms with Crippen molar-refractivity contribution < 1.29 is 33.3 Å². The Balaban J connectivity index is 2.18. The Kier molecular flexibility index (Phi) is 8.74. The van der Waals surface area contributed by atoms with Gasteiger partial charge in [0.2, 0.25) is 5.75 Å². The number of rotatable bonds is 9. The molecular formula is C27H34O7. The monoisotopic (exact) mass is 470 g/mol. The van der Waals surface area contributed by atoms with Gasteiger partial charge in [0.15, 0.2) is 23.9 Å². The van der Waals surface area contributed by atoms with Crippen LogP contribution in [0.2, 0.25) is 0 Å². The fraction of sp³-hybridized carbons (Fsp3) is 0.407. The highest BCUT2D eigenvalue weighted by Gasteiger charge is 2.20. The minimum atomic E-state index is -0.592. The minimum absolute atomic E-state index is 0.226. The van der Waals surface area contributed by atoms with Crippen LogP contribution in [0.25, 0.3) is 6.08 Å². The van der Waals surface area contributed by atoms with Crippen LogP contribution in [-0.4, -0.2) is 43.8 Å². The topological polar surface area (TPSA) is 80.3 Å². The highest BCUT2D eigenvalue weighted by Crippen LogP contribution is 2.40. The van der Waals surface area contributed by atoms with E-state index in [2.05, 4.69) is 0 Å². The molecule has 2 aromatic rings. The molecular weight excluding hydrogens is 436 g/mol. The number of methoxy groups -OCH3 is 2. The second-order valence-electron chi connectivity index (χ2n) is 9.57. The lowest BCUT2D eigenvalue weighted by Crippen LogP contribution is -2.27. The Labute approximate surface area is 201 Å². The molecule has 34 heavy (non-hydrogen) atoms. The van der Waals surface area contributed by atoms with E-state index in [0.717, 1.165) is 0 Å². The predicted octanol–water partition coefficient (Wildman–Crippen LogP) is 5.50. The van der Waals surface area contributed by atoms with E-state index in [9.17, 15) is 9.59 Å². The summed E-state index contributed by atoms with van der Waals surface area (Å²) in [5.41, 5.74) is 0.0911. The molecule has 2 rings (SSSR count). The highest BCUT2D eigenvalue weighted by atomic mass is 16.6. The molecule has 0 aromatic heterocycles. The summed E-state index contributed by atoms with van der Waals surface area (Å²) in [6.07, 6.45) is 3.13. The molecule has 0 amide bonds. The third-order valence-electron chi connectivity index (χ3n) is 4.21. The molecule has 184 valence electrons. The molecule has 0 N–H and O–H groups in total. The van der Waals surface area contributed by atoms with Crippen molar-refractivity contribution in [2.24, 2.45) is 0 Å². The quantitative estimate of drug-likeness (QED) is 0.272. The molecule has 0 atom stereocenters. The third kappa shape index (κ3) is 8.46. The Morgan fingerprint density at radius 3 is 2.15 bits per heavy atom. The van der Waals surface area contributed by atoms with Crippen LogP contribution in [0.3, 0.4) is 0 Å². The number of hydrogen-bond acceptors (Lipinski definition) is 7. The minimum Gasteiger partial charge on any atom is -0.493 e. The fourth-order valence-electron chi connectivity index (χ4n) is 2.97. The SMILES string of the molecule is COc1cc(C=CC(=O)c2cccc(OCC(=O)OC(C)(C)C)c2)cc(OC(C)(C)C)c1OC. The molecule has 0 aliphatic rings. The maximum absolute atomic E-state index is 12.8. The van der Waals surface area contributed by atoms with Crippen molar-refractivity contribution in [1.29, 1.82) is 0 Å². The number of ketones is 1. The van der Waals surface area contributed by atoms with Gasteiger partial charge in [-0.25, -0.2) is 4.79 Å². The molecule has 0 aliphatic heterocycles. The number of ether oxygens (including phenoxy) is 5. The van der Waals surface area contributed by atoms with E-state index >= 15 is 0 Å². The largest absolute Gasteiger partial charge is 0.493 e. The van der Waals surface area contributed by atoms with Crippen molar-refractivity contribution in [3.05, 3.63) is 53.6 Å². The number of benzene rings is 2. The van der Waals surface area contributed by atoms with Gasteiger partial charge in [0.1, 0.15) is 17.0 Å². The normalized spacial score (nSPS) is 11.8. The van der Waals surface area contributed by atoms with Gasteiger partial charge in [0, 0.05) is 5.56 Å². The number of carbonyl (C=O) groups excluding carboxylic acids is 2. The lowest BCUT2D eigenvalue weighted by Gasteiger charge is -2.24. The van der Waals surface area contributed by atoms with E-state index in [1.807, 2.05) is 20.8 Å². The van der Waals surface area contributed by atoms with Crippen molar-refractivity contribution in [2.45, 2.75) is 52.7 Å². The Bertz CT molecular complexity index is 1040. The first-order valence-corrected chi connectivity index (χ1v) is 10.9. The first-order chi connectivity index (χ1) is 15.8.